The molecule has 3 rings (SSSR count). The molecule has 1 heterocycles. The Morgan fingerprint density at radius 1 is 1.07 bits per heavy atom. The Bertz CT molecular complexity index is 919. The first-order chi connectivity index (χ1) is 13.0. The molecule has 0 spiro atoms. The summed E-state index contributed by atoms with van der Waals surface area (Å²) < 4.78 is 15.2. The van der Waals surface area contributed by atoms with E-state index in [4.69, 9.17) is 0 Å². The van der Waals surface area contributed by atoms with Gasteiger partial charge in [-0.1, -0.05) is 42.5 Å². The monoisotopic (exact) mass is 365 g/mol. The molecule has 140 valence electrons. The Balaban J connectivity index is 1.56. The first-order valence-electron chi connectivity index (χ1n) is 9.11. The van der Waals surface area contributed by atoms with E-state index >= 15 is 0 Å². The molecular weight excluding hydrogens is 341 g/mol. The number of benzene rings is 2. The number of hydrogen-bond donors (Lipinski definition) is 1. The molecule has 0 atom stereocenters. The Labute approximate surface area is 159 Å². The van der Waals surface area contributed by atoms with Crippen LogP contribution in [0, 0.1) is 19.7 Å². The van der Waals surface area contributed by atoms with Crippen molar-refractivity contribution in [3.8, 4) is 0 Å². The summed E-state index contributed by atoms with van der Waals surface area (Å²) in [7, 11) is 0. The predicted octanol–water partition coefficient (Wildman–Crippen LogP) is 3.94. The Hall–Kier alpha value is -2.95. The largest absolute Gasteiger partial charge is 0.352 e. The number of aryl methyl sites for hydroxylation is 2. The molecule has 5 heteroatoms. The molecule has 3 aromatic rings. The summed E-state index contributed by atoms with van der Waals surface area (Å²) >= 11 is 0. The average Bonchev–Trinajstić information content (AvgIpc) is 2.92. The zero-order valence-corrected chi connectivity index (χ0v) is 15.7. The molecule has 27 heavy (non-hydrogen) atoms. The summed E-state index contributed by atoms with van der Waals surface area (Å²) in [6.45, 7) is 5.15. The SMILES string of the molecule is Cc1nn(Cc2ccccc2)c(C)c1CNC(=O)CCc1cccc(F)c1. The molecule has 0 saturated carbocycles. The molecule has 1 N–H and O–H groups in total. The molecule has 4 nitrogen and oxygen atoms in total. The zero-order chi connectivity index (χ0) is 19.2. The fourth-order valence-corrected chi connectivity index (χ4v) is 3.13. The maximum Gasteiger partial charge on any atom is 0.220 e. The quantitative estimate of drug-likeness (QED) is 0.689. The lowest BCUT2D eigenvalue weighted by Crippen LogP contribution is -2.23. The van der Waals surface area contributed by atoms with Gasteiger partial charge in [0.2, 0.25) is 5.91 Å². The van der Waals surface area contributed by atoms with Crippen LogP contribution < -0.4 is 5.32 Å². The van der Waals surface area contributed by atoms with Crippen LogP contribution >= 0.6 is 0 Å². The average molecular weight is 365 g/mol. The fourth-order valence-electron chi connectivity index (χ4n) is 3.13. The topological polar surface area (TPSA) is 46.9 Å². The van der Waals surface area contributed by atoms with E-state index in [1.165, 1.54) is 17.7 Å². The lowest BCUT2D eigenvalue weighted by atomic mass is 10.1. The van der Waals surface area contributed by atoms with Crippen LogP contribution in [0.3, 0.4) is 0 Å². The van der Waals surface area contributed by atoms with Crippen molar-refractivity contribution in [2.45, 2.75) is 39.8 Å². The summed E-state index contributed by atoms with van der Waals surface area (Å²) in [5, 5.41) is 7.57. The molecule has 0 unspecified atom stereocenters. The van der Waals surface area contributed by atoms with E-state index in [0.29, 0.717) is 25.9 Å². The van der Waals surface area contributed by atoms with Gasteiger partial charge in [0.05, 0.1) is 12.2 Å². The highest BCUT2D eigenvalue weighted by Crippen LogP contribution is 2.15. The molecule has 2 aromatic carbocycles. The highest BCUT2D eigenvalue weighted by molar-refractivity contribution is 5.76. The van der Waals surface area contributed by atoms with E-state index < -0.39 is 0 Å². The van der Waals surface area contributed by atoms with E-state index in [1.807, 2.05) is 42.8 Å². The van der Waals surface area contributed by atoms with Crippen LogP contribution in [0.1, 0.15) is 34.5 Å². The predicted molar refractivity (Wildman–Crippen MR) is 104 cm³/mol. The van der Waals surface area contributed by atoms with Crippen molar-refractivity contribution in [2.24, 2.45) is 0 Å². The number of rotatable bonds is 7. The number of halogens is 1. The van der Waals surface area contributed by atoms with Gasteiger partial charge in [0, 0.05) is 24.2 Å². The summed E-state index contributed by atoms with van der Waals surface area (Å²) in [6, 6.07) is 16.5. The molecule has 0 radical (unpaired) electrons. The number of nitrogens with zero attached hydrogens (tertiary/aromatic N) is 2. The molecular formula is C22H24FN3O. The van der Waals surface area contributed by atoms with Gasteiger partial charge in [0.15, 0.2) is 0 Å². The fraction of sp³-hybridized carbons (Fsp3) is 0.273. The Morgan fingerprint density at radius 3 is 2.56 bits per heavy atom. The number of nitrogens with one attached hydrogen (secondary N) is 1. The van der Waals surface area contributed by atoms with Gasteiger partial charge in [0.25, 0.3) is 0 Å². The second-order valence-corrected chi connectivity index (χ2v) is 6.70. The van der Waals surface area contributed by atoms with Crippen LogP contribution in [0.25, 0.3) is 0 Å². The van der Waals surface area contributed by atoms with Crippen LogP contribution in [0.15, 0.2) is 54.6 Å². The second-order valence-electron chi connectivity index (χ2n) is 6.70. The number of aromatic nitrogens is 2. The van der Waals surface area contributed by atoms with Crippen LogP contribution in [0.4, 0.5) is 4.39 Å². The van der Waals surface area contributed by atoms with Crippen molar-refractivity contribution >= 4 is 5.91 Å². The number of amides is 1. The molecule has 1 amide bonds. The lowest BCUT2D eigenvalue weighted by molar-refractivity contribution is -0.121. The van der Waals surface area contributed by atoms with Crippen molar-refractivity contribution in [3.05, 3.63) is 88.5 Å². The first kappa shape index (κ1) is 18.8. The third-order valence-electron chi connectivity index (χ3n) is 4.70. The van der Waals surface area contributed by atoms with Gasteiger partial charge < -0.3 is 5.32 Å². The minimum absolute atomic E-state index is 0.0473. The van der Waals surface area contributed by atoms with E-state index in [9.17, 15) is 9.18 Å². The molecule has 0 saturated heterocycles. The lowest BCUT2D eigenvalue weighted by Gasteiger charge is -2.08. The smallest absolute Gasteiger partial charge is 0.220 e. The number of carbonyl (C=O) groups is 1. The van der Waals surface area contributed by atoms with E-state index in [2.05, 4.69) is 22.5 Å². The second kappa shape index (κ2) is 8.62. The minimum atomic E-state index is -0.273. The van der Waals surface area contributed by atoms with Crippen molar-refractivity contribution in [3.63, 3.8) is 0 Å². The first-order valence-corrected chi connectivity index (χ1v) is 9.11. The highest BCUT2D eigenvalue weighted by Gasteiger charge is 2.13. The van der Waals surface area contributed by atoms with Crippen LogP contribution in [-0.2, 0) is 24.3 Å². The van der Waals surface area contributed by atoms with Crippen molar-refractivity contribution in [1.29, 1.82) is 0 Å². The number of hydrogen-bond acceptors (Lipinski definition) is 2. The third-order valence-corrected chi connectivity index (χ3v) is 4.70. The maximum absolute atomic E-state index is 13.2. The number of carbonyl (C=O) groups excluding carboxylic acids is 1. The van der Waals surface area contributed by atoms with E-state index in [0.717, 1.165) is 22.5 Å². The molecule has 0 aliphatic heterocycles. The van der Waals surface area contributed by atoms with Crippen LogP contribution in [-0.4, -0.2) is 15.7 Å². The molecule has 0 aliphatic rings. The molecule has 1 aromatic heterocycles. The maximum atomic E-state index is 13.2. The van der Waals surface area contributed by atoms with Crippen molar-refractivity contribution < 1.29 is 9.18 Å². The summed E-state index contributed by atoms with van der Waals surface area (Å²) in [4.78, 5) is 12.2. The van der Waals surface area contributed by atoms with E-state index in [-0.39, 0.29) is 11.7 Å². The van der Waals surface area contributed by atoms with Gasteiger partial charge >= 0.3 is 0 Å². The molecule has 0 bridgehead atoms. The summed E-state index contributed by atoms with van der Waals surface area (Å²) in [5.74, 6) is -0.321. The molecule has 0 fully saturated rings. The standard InChI is InChI=1S/C22H24FN3O/c1-16-21(17(2)26(25-16)15-19-7-4-3-5-8-19)14-24-22(27)12-11-18-9-6-10-20(23)13-18/h3-10,13H,11-12,14-15H2,1-2H3,(H,24,27). The van der Waals surface area contributed by atoms with Gasteiger partial charge in [-0.05, 0) is 43.5 Å². The third kappa shape index (κ3) is 5.03. The van der Waals surface area contributed by atoms with Gasteiger partial charge in [-0.25, -0.2) is 4.39 Å². The zero-order valence-electron chi connectivity index (χ0n) is 15.7. The van der Waals surface area contributed by atoms with Crippen LogP contribution in [0.2, 0.25) is 0 Å². The Morgan fingerprint density at radius 2 is 1.81 bits per heavy atom. The van der Waals surface area contributed by atoms with Crippen molar-refractivity contribution in [1.82, 2.24) is 15.1 Å². The summed E-state index contributed by atoms with van der Waals surface area (Å²) in [6.07, 6.45) is 0.856. The van der Waals surface area contributed by atoms with Gasteiger partial charge in [-0.15, -0.1) is 0 Å². The minimum Gasteiger partial charge on any atom is -0.352 e. The Kier molecular flexibility index (Phi) is 6.01. The van der Waals surface area contributed by atoms with Crippen molar-refractivity contribution in [2.75, 3.05) is 0 Å². The normalized spacial score (nSPS) is 10.8. The molecule has 0 aliphatic carbocycles. The van der Waals surface area contributed by atoms with Gasteiger partial charge in [-0.2, -0.15) is 5.10 Å². The summed E-state index contributed by atoms with van der Waals surface area (Å²) in [5.41, 5.74) is 5.04. The van der Waals surface area contributed by atoms with E-state index in [1.54, 1.807) is 6.07 Å². The van der Waals surface area contributed by atoms with Gasteiger partial charge in [0.1, 0.15) is 5.82 Å². The van der Waals surface area contributed by atoms with Gasteiger partial charge in [-0.3, -0.25) is 9.48 Å². The van der Waals surface area contributed by atoms with Crippen LogP contribution in [0.5, 0.6) is 0 Å². The highest BCUT2D eigenvalue weighted by atomic mass is 19.1.